The van der Waals surface area contributed by atoms with Gasteiger partial charge in [0.25, 0.3) is 0 Å². The third kappa shape index (κ3) is 2.15. The number of aromatic nitrogens is 2. The summed E-state index contributed by atoms with van der Waals surface area (Å²) in [4.78, 5) is 0. The summed E-state index contributed by atoms with van der Waals surface area (Å²) in [5, 5.41) is 7.82. The van der Waals surface area contributed by atoms with Crippen LogP contribution in [0.3, 0.4) is 0 Å². The first-order chi connectivity index (χ1) is 12.2. The number of benzene rings is 2. The smallest absolute Gasteiger partial charge is 0.231 e. The predicted octanol–water partition coefficient (Wildman–Crippen LogP) is 3.51. The van der Waals surface area contributed by atoms with Crippen molar-refractivity contribution >= 4 is 5.82 Å². The number of fused-ring (bicyclic) bond motifs is 2. The van der Waals surface area contributed by atoms with Crippen molar-refractivity contribution in [2.75, 3.05) is 18.7 Å². The molecule has 25 heavy (non-hydrogen) atoms. The van der Waals surface area contributed by atoms with Crippen LogP contribution in [-0.2, 0) is 6.42 Å². The minimum absolute atomic E-state index is 0.202. The molecule has 0 saturated heterocycles. The van der Waals surface area contributed by atoms with E-state index in [0.717, 1.165) is 41.7 Å². The van der Waals surface area contributed by atoms with Gasteiger partial charge in [-0.3, -0.25) is 0 Å². The number of anilines is 1. The fourth-order valence-electron chi connectivity index (χ4n) is 3.28. The first-order valence-corrected chi connectivity index (χ1v) is 7.92. The number of nitrogens with zero attached hydrogens (tertiary/aromatic N) is 2. The Balaban J connectivity index is 1.67. The lowest BCUT2D eigenvalue weighted by Gasteiger charge is -2.07. The third-order valence-electron chi connectivity index (χ3n) is 4.43. The largest absolute Gasteiger partial charge is 0.454 e. The highest BCUT2D eigenvalue weighted by molar-refractivity contribution is 5.74. The van der Waals surface area contributed by atoms with Crippen molar-refractivity contribution in [3.05, 3.63) is 53.6 Å². The lowest BCUT2D eigenvalue weighted by molar-refractivity contribution is 0.174. The van der Waals surface area contributed by atoms with Gasteiger partial charge < -0.3 is 14.8 Å². The Morgan fingerprint density at radius 2 is 1.92 bits per heavy atom. The van der Waals surface area contributed by atoms with E-state index in [9.17, 15) is 8.78 Å². The van der Waals surface area contributed by atoms with Crippen LogP contribution in [0.2, 0.25) is 0 Å². The van der Waals surface area contributed by atoms with Gasteiger partial charge in [0.05, 0.1) is 5.69 Å². The normalized spacial score (nSPS) is 14.5. The van der Waals surface area contributed by atoms with Crippen LogP contribution in [0.4, 0.5) is 14.6 Å². The van der Waals surface area contributed by atoms with Gasteiger partial charge in [0.15, 0.2) is 17.3 Å². The first-order valence-electron chi connectivity index (χ1n) is 7.92. The Morgan fingerprint density at radius 3 is 2.80 bits per heavy atom. The fourth-order valence-corrected chi connectivity index (χ4v) is 3.28. The predicted molar refractivity (Wildman–Crippen MR) is 87.2 cm³/mol. The van der Waals surface area contributed by atoms with E-state index in [0.29, 0.717) is 11.5 Å². The van der Waals surface area contributed by atoms with Crippen molar-refractivity contribution in [2.24, 2.45) is 0 Å². The second-order valence-electron chi connectivity index (χ2n) is 5.93. The van der Waals surface area contributed by atoms with Gasteiger partial charge in [-0.15, -0.1) is 0 Å². The average Bonchev–Trinajstić information content (AvgIpc) is 3.30. The van der Waals surface area contributed by atoms with Gasteiger partial charge in [-0.25, -0.2) is 13.5 Å². The van der Waals surface area contributed by atoms with E-state index in [1.165, 1.54) is 16.8 Å². The molecule has 3 aromatic rings. The van der Waals surface area contributed by atoms with Crippen LogP contribution in [0.5, 0.6) is 11.5 Å². The molecule has 3 heterocycles. The topological polar surface area (TPSA) is 48.3 Å². The molecule has 1 aromatic heterocycles. The highest BCUT2D eigenvalue weighted by Gasteiger charge is 2.26. The van der Waals surface area contributed by atoms with Gasteiger partial charge in [0, 0.05) is 23.7 Å². The van der Waals surface area contributed by atoms with Gasteiger partial charge in [0.2, 0.25) is 6.79 Å². The highest BCUT2D eigenvalue weighted by atomic mass is 19.1. The summed E-state index contributed by atoms with van der Waals surface area (Å²) in [5.41, 5.74) is 2.83. The molecule has 0 amide bonds. The molecule has 0 saturated carbocycles. The molecule has 2 aliphatic rings. The summed E-state index contributed by atoms with van der Waals surface area (Å²) in [6.07, 6.45) is 0.780. The minimum atomic E-state index is -0.656. The van der Waals surface area contributed by atoms with E-state index in [2.05, 4.69) is 10.4 Å². The van der Waals surface area contributed by atoms with Crippen molar-refractivity contribution < 1.29 is 18.3 Å². The lowest BCUT2D eigenvalue weighted by Crippen LogP contribution is -2.06. The highest BCUT2D eigenvalue weighted by Crippen LogP contribution is 2.40. The SMILES string of the molecule is Fc1ccc(-n2nc(-c3ccc4c(c3)OCO4)c3c2NCC3)c(F)c1. The number of hydrogen-bond acceptors (Lipinski definition) is 4. The Bertz CT molecular complexity index is 1000. The summed E-state index contributed by atoms with van der Waals surface area (Å²) in [7, 11) is 0. The van der Waals surface area contributed by atoms with Crippen molar-refractivity contribution in [1.29, 1.82) is 0 Å². The molecule has 0 unspecified atom stereocenters. The Labute approximate surface area is 141 Å². The monoisotopic (exact) mass is 341 g/mol. The van der Waals surface area contributed by atoms with E-state index >= 15 is 0 Å². The van der Waals surface area contributed by atoms with E-state index in [1.54, 1.807) is 0 Å². The quantitative estimate of drug-likeness (QED) is 0.775. The fraction of sp³-hybridized carbons (Fsp3) is 0.167. The summed E-state index contributed by atoms with van der Waals surface area (Å²) in [5.74, 6) is 0.825. The maximum atomic E-state index is 14.2. The van der Waals surface area contributed by atoms with Gasteiger partial charge in [0.1, 0.15) is 17.3 Å². The van der Waals surface area contributed by atoms with Crippen molar-refractivity contribution in [1.82, 2.24) is 9.78 Å². The molecule has 5 rings (SSSR count). The molecule has 0 atom stereocenters. The van der Waals surface area contributed by atoms with Gasteiger partial charge in [-0.2, -0.15) is 5.10 Å². The number of rotatable bonds is 2. The number of halogens is 2. The van der Waals surface area contributed by atoms with Crippen molar-refractivity contribution in [2.45, 2.75) is 6.42 Å². The zero-order chi connectivity index (χ0) is 17.0. The van der Waals surface area contributed by atoms with E-state index in [1.807, 2.05) is 18.2 Å². The second kappa shape index (κ2) is 5.20. The molecular weight excluding hydrogens is 328 g/mol. The molecule has 5 nitrogen and oxygen atoms in total. The molecule has 126 valence electrons. The van der Waals surface area contributed by atoms with Gasteiger partial charge in [-0.05, 0) is 36.8 Å². The molecular formula is C18H13F2N3O2. The van der Waals surface area contributed by atoms with Gasteiger partial charge >= 0.3 is 0 Å². The average molecular weight is 341 g/mol. The van der Waals surface area contributed by atoms with Crippen LogP contribution < -0.4 is 14.8 Å². The summed E-state index contributed by atoms with van der Waals surface area (Å²) >= 11 is 0. The number of nitrogens with one attached hydrogen (secondary N) is 1. The Morgan fingerprint density at radius 1 is 1.04 bits per heavy atom. The third-order valence-corrected chi connectivity index (χ3v) is 4.43. The molecule has 0 fully saturated rings. The zero-order valence-electron chi connectivity index (χ0n) is 13.1. The first kappa shape index (κ1) is 14.3. The maximum absolute atomic E-state index is 14.2. The molecule has 0 radical (unpaired) electrons. The van der Waals surface area contributed by atoms with E-state index in [-0.39, 0.29) is 12.5 Å². The Kier molecular flexibility index (Phi) is 2.97. The van der Waals surface area contributed by atoms with Crippen LogP contribution in [0, 0.1) is 11.6 Å². The second-order valence-corrected chi connectivity index (χ2v) is 5.93. The van der Waals surface area contributed by atoms with Gasteiger partial charge in [-0.1, -0.05) is 0 Å². The minimum Gasteiger partial charge on any atom is -0.454 e. The Hall–Kier alpha value is -3.09. The molecule has 0 aliphatic carbocycles. The molecule has 2 aliphatic heterocycles. The standard InChI is InChI=1S/C18H13F2N3O2/c19-11-2-3-14(13(20)8-11)23-18-12(5-6-21-18)17(22-23)10-1-4-15-16(7-10)25-9-24-15/h1-4,7-8,21H,5-6,9H2. The van der Waals surface area contributed by atoms with Crippen LogP contribution in [-0.4, -0.2) is 23.1 Å². The van der Waals surface area contributed by atoms with Crippen LogP contribution >= 0.6 is 0 Å². The maximum Gasteiger partial charge on any atom is 0.231 e. The summed E-state index contributed by atoms with van der Waals surface area (Å²) in [6, 6.07) is 9.08. The molecule has 7 heteroatoms. The van der Waals surface area contributed by atoms with Crippen molar-refractivity contribution in [3.63, 3.8) is 0 Å². The lowest BCUT2D eigenvalue weighted by atomic mass is 10.1. The number of hydrogen-bond donors (Lipinski definition) is 1. The van der Waals surface area contributed by atoms with E-state index in [4.69, 9.17) is 9.47 Å². The van der Waals surface area contributed by atoms with Crippen LogP contribution in [0.25, 0.3) is 16.9 Å². The van der Waals surface area contributed by atoms with E-state index < -0.39 is 11.6 Å². The van der Waals surface area contributed by atoms with Crippen LogP contribution in [0.1, 0.15) is 5.56 Å². The number of ether oxygens (including phenoxy) is 2. The summed E-state index contributed by atoms with van der Waals surface area (Å²) < 4.78 is 39.7. The molecule has 0 bridgehead atoms. The van der Waals surface area contributed by atoms with Crippen LogP contribution in [0.15, 0.2) is 36.4 Å². The molecule has 0 spiro atoms. The summed E-state index contributed by atoms with van der Waals surface area (Å²) in [6.45, 7) is 0.946. The zero-order valence-corrected chi connectivity index (χ0v) is 13.1. The molecule has 1 N–H and O–H groups in total. The molecule has 2 aromatic carbocycles. The van der Waals surface area contributed by atoms with Crippen molar-refractivity contribution in [3.8, 4) is 28.4 Å².